The van der Waals surface area contributed by atoms with Gasteiger partial charge in [0.25, 0.3) is 0 Å². The minimum atomic E-state index is 0.538. The second-order valence-electron chi connectivity index (χ2n) is 4.65. The molecule has 3 heteroatoms. The number of hydrogen-bond acceptors (Lipinski definition) is 1. The van der Waals surface area contributed by atoms with Crippen molar-refractivity contribution in [3.05, 3.63) is 53.6 Å². The highest BCUT2D eigenvalue weighted by Crippen LogP contribution is 2.25. The fourth-order valence-corrected chi connectivity index (χ4v) is 2.32. The van der Waals surface area contributed by atoms with Crippen molar-refractivity contribution in [2.45, 2.75) is 38.6 Å². The summed E-state index contributed by atoms with van der Waals surface area (Å²) in [4.78, 5) is 4.11. The number of hydrogen-bond donors (Lipinski definition) is 0. The van der Waals surface area contributed by atoms with E-state index in [9.17, 15) is 0 Å². The normalized spacial score (nSPS) is 12.6. The summed E-state index contributed by atoms with van der Waals surface area (Å²) in [5, 5.41) is 0.802. The molecule has 0 radical (unpaired) electrons. The van der Waals surface area contributed by atoms with Crippen LogP contribution in [-0.2, 0) is 6.54 Å². The molecule has 0 N–H and O–H groups in total. The summed E-state index contributed by atoms with van der Waals surface area (Å²) in [5.74, 6) is 0.538. The van der Waals surface area contributed by atoms with E-state index < -0.39 is 0 Å². The first-order chi connectivity index (χ1) is 8.79. The summed E-state index contributed by atoms with van der Waals surface area (Å²) in [6, 6.07) is 8.23. The zero-order valence-electron chi connectivity index (χ0n) is 10.7. The van der Waals surface area contributed by atoms with E-state index in [2.05, 4.69) is 28.6 Å². The number of halogens is 1. The van der Waals surface area contributed by atoms with Crippen LogP contribution in [0.3, 0.4) is 0 Å². The largest absolute Gasteiger partial charge is 0.337 e. The molecule has 0 saturated heterocycles. The molecule has 18 heavy (non-hydrogen) atoms. The topological polar surface area (TPSA) is 17.8 Å². The van der Waals surface area contributed by atoms with Gasteiger partial charge in [-0.05, 0) is 24.1 Å². The maximum absolute atomic E-state index is 5.95. The predicted molar refractivity (Wildman–Crippen MR) is 75.9 cm³/mol. The molecule has 0 aliphatic heterocycles. The van der Waals surface area contributed by atoms with Crippen molar-refractivity contribution in [3.63, 3.8) is 0 Å². The number of unbranched alkanes of at least 4 members (excludes halogenated alkanes) is 1. The molecule has 1 heterocycles. The van der Waals surface area contributed by atoms with Gasteiger partial charge in [0, 0.05) is 29.9 Å². The lowest BCUT2D eigenvalue weighted by atomic mass is 9.93. The van der Waals surface area contributed by atoms with E-state index in [1.54, 1.807) is 0 Å². The van der Waals surface area contributed by atoms with Crippen LogP contribution in [0, 0.1) is 0 Å². The van der Waals surface area contributed by atoms with Crippen molar-refractivity contribution in [3.8, 4) is 0 Å². The van der Waals surface area contributed by atoms with E-state index in [1.807, 2.05) is 30.9 Å². The van der Waals surface area contributed by atoms with E-state index in [0.717, 1.165) is 11.6 Å². The molecule has 1 atom stereocenters. The third kappa shape index (κ3) is 3.61. The van der Waals surface area contributed by atoms with Crippen LogP contribution in [0.5, 0.6) is 0 Å². The molecule has 2 nitrogen and oxygen atoms in total. The summed E-state index contributed by atoms with van der Waals surface area (Å²) in [7, 11) is 0. The molecule has 0 saturated carbocycles. The molecule has 1 unspecified atom stereocenters. The monoisotopic (exact) mass is 262 g/mol. The fraction of sp³-hybridized carbons (Fsp3) is 0.400. The lowest BCUT2D eigenvalue weighted by Gasteiger charge is -2.17. The summed E-state index contributed by atoms with van der Waals surface area (Å²) in [5.41, 5.74) is 1.36. The van der Waals surface area contributed by atoms with E-state index in [4.69, 9.17) is 11.6 Å². The first-order valence-corrected chi connectivity index (χ1v) is 6.88. The molecule has 96 valence electrons. The highest BCUT2D eigenvalue weighted by Gasteiger charge is 2.11. The van der Waals surface area contributed by atoms with Crippen LogP contribution in [-0.4, -0.2) is 9.55 Å². The van der Waals surface area contributed by atoms with E-state index >= 15 is 0 Å². The van der Waals surface area contributed by atoms with Crippen molar-refractivity contribution in [2.75, 3.05) is 0 Å². The Morgan fingerprint density at radius 2 is 2.06 bits per heavy atom. The van der Waals surface area contributed by atoms with Crippen molar-refractivity contribution < 1.29 is 0 Å². The van der Waals surface area contributed by atoms with Crippen LogP contribution in [0.15, 0.2) is 43.0 Å². The molecular formula is C15H19ClN2. The van der Waals surface area contributed by atoms with Gasteiger partial charge >= 0.3 is 0 Å². The summed E-state index contributed by atoms with van der Waals surface area (Å²) >= 11 is 5.95. The van der Waals surface area contributed by atoms with Crippen LogP contribution in [0.25, 0.3) is 0 Å². The Hall–Kier alpha value is -1.28. The van der Waals surface area contributed by atoms with Gasteiger partial charge in [-0.3, -0.25) is 0 Å². The third-order valence-electron chi connectivity index (χ3n) is 3.24. The maximum Gasteiger partial charge on any atom is 0.0946 e. The predicted octanol–water partition coefficient (Wildman–Crippen LogP) is 4.51. The molecule has 1 aromatic heterocycles. The van der Waals surface area contributed by atoms with Crippen LogP contribution < -0.4 is 0 Å². The number of benzene rings is 1. The van der Waals surface area contributed by atoms with Gasteiger partial charge in [0.1, 0.15) is 0 Å². The quantitative estimate of drug-likeness (QED) is 0.749. The first-order valence-electron chi connectivity index (χ1n) is 6.50. The zero-order chi connectivity index (χ0) is 12.8. The minimum Gasteiger partial charge on any atom is -0.337 e. The number of nitrogens with zero attached hydrogens (tertiary/aromatic N) is 2. The van der Waals surface area contributed by atoms with Gasteiger partial charge in [-0.1, -0.05) is 43.5 Å². The van der Waals surface area contributed by atoms with E-state index in [-0.39, 0.29) is 0 Å². The molecular weight excluding hydrogens is 244 g/mol. The van der Waals surface area contributed by atoms with E-state index in [1.165, 1.54) is 24.8 Å². The molecule has 2 aromatic rings. The van der Waals surface area contributed by atoms with Crippen LogP contribution >= 0.6 is 11.6 Å². The highest BCUT2D eigenvalue weighted by molar-refractivity contribution is 6.30. The van der Waals surface area contributed by atoms with Gasteiger partial charge in [0.2, 0.25) is 0 Å². The second-order valence-corrected chi connectivity index (χ2v) is 5.09. The second kappa shape index (κ2) is 6.60. The maximum atomic E-state index is 5.95. The van der Waals surface area contributed by atoms with Crippen molar-refractivity contribution >= 4 is 11.6 Å². The Labute approximate surface area is 114 Å². The van der Waals surface area contributed by atoms with Gasteiger partial charge < -0.3 is 4.57 Å². The smallest absolute Gasteiger partial charge is 0.0946 e. The molecule has 1 aromatic carbocycles. The van der Waals surface area contributed by atoms with Crippen LogP contribution in [0.1, 0.15) is 37.7 Å². The Morgan fingerprint density at radius 3 is 2.67 bits per heavy atom. The summed E-state index contributed by atoms with van der Waals surface area (Å²) < 4.78 is 2.15. The van der Waals surface area contributed by atoms with Gasteiger partial charge in [-0.25, -0.2) is 4.98 Å². The van der Waals surface area contributed by atoms with Gasteiger partial charge in [-0.2, -0.15) is 0 Å². The average Bonchev–Trinajstić information content (AvgIpc) is 2.88. The number of rotatable bonds is 6. The Morgan fingerprint density at radius 1 is 1.28 bits per heavy atom. The fourth-order valence-electron chi connectivity index (χ4n) is 2.20. The summed E-state index contributed by atoms with van der Waals surface area (Å²) in [6.07, 6.45) is 9.43. The van der Waals surface area contributed by atoms with Crippen LogP contribution in [0.4, 0.5) is 0 Å². The molecule has 0 spiro atoms. The minimum absolute atomic E-state index is 0.538. The van der Waals surface area contributed by atoms with Crippen molar-refractivity contribution in [2.24, 2.45) is 0 Å². The van der Waals surface area contributed by atoms with E-state index in [0.29, 0.717) is 5.92 Å². The molecule has 2 rings (SSSR count). The lowest BCUT2D eigenvalue weighted by Crippen LogP contribution is -2.08. The molecule has 0 bridgehead atoms. The standard InChI is InChI=1S/C15H19ClN2/c1-2-3-4-14(11-18-10-9-17-12-18)13-5-7-15(16)8-6-13/h5-10,12,14H,2-4,11H2,1H3. The first kappa shape index (κ1) is 13.2. The molecule has 0 fully saturated rings. The molecule has 0 aliphatic carbocycles. The third-order valence-corrected chi connectivity index (χ3v) is 3.49. The lowest BCUT2D eigenvalue weighted by molar-refractivity contribution is 0.505. The van der Waals surface area contributed by atoms with Crippen LogP contribution in [0.2, 0.25) is 5.02 Å². The summed E-state index contributed by atoms with van der Waals surface area (Å²) in [6.45, 7) is 3.22. The van der Waals surface area contributed by atoms with Crippen molar-refractivity contribution in [1.29, 1.82) is 0 Å². The SMILES string of the molecule is CCCCC(Cn1ccnc1)c1ccc(Cl)cc1. The molecule has 0 amide bonds. The van der Waals surface area contributed by atoms with Gasteiger partial charge in [0.15, 0.2) is 0 Å². The average molecular weight is 263 g/mol. The Bertz CT molecular complexity index is 448. The Kier molecular flexibility index (Phi) is 4.82. The highest BCUT2D eigenvalue weighted by atomic mass is 35.5. The van der Waals surface area contributed by atoms with Gasteiger partial charge in [0.05, 0.1) is 6.33 Å². The number of aromatic nitrogens is 2. The van der Waals surface area contributed by atoms with Gasteiger partial charge in [-0.15, -0.1) is 0 Å². The Balaban J connectivity index is 2.11. The zero-order valence-corrected chi connectivity index (χ0v) is 11.5. The molecule has 0 aliphatic rings. The van der Waals surface area contributed by atoms with Crippen molar-refractivity contribution in [1.82, 2.24) is 9.55 Å². The number of imidazole rings is 1.